The summed E-state index contributed by atoms with van der Waals surface area (Å²) in [6.07, 6.45) is 15.5. The number of imidazole rings is 1. The molecule has 0 aromatic carbocycles. The summed E-state index contributed by atoms with van der Waals surface area (Å²) in [6.45, 7) is 16.4. The van der Waals surface area contributed by atoms with Gasteiger partial charge in [-0.25, -0.2) is 4.98 Å². The van der Waals surface area contributed by atoms with E-state index in [-0.39, 0.29) is 0 Å². The van der Waals surface area contributed by atoms with Gasteiger partial charge in [0.25, 0.3) is 0 Å². The van der Waals surface area contributed by atoms with E-state index >= 15 is 0 Å². The highest BCUT2D eigenvalue weighted by Crippen LogP contribution is 2.35. The Morgan fingerprint density at radius 2 is 1.88 bits per heavy atom. The average molecular weight is 574 g/mol. The fourth-order valence-corrected chi connectivity index (χ4v) is 6.54. The average Bonchev–Trinajstić information content (AvgIpc) is 3.75. The van der Waals surface area contributed by atoms with Gasteiger partial charge in [0.2, 0.25) is 0 Å². The van der Waals surface area contributed by atoms with Crippen molar-refractivity contribution in [3.8, 4) is 22.8 Å². The minimum atomic E-state index is 0.516. The Labute approximate surface area is 250 Å². The van der Waals surface area contributed by atoms with Crippen LogP contribution in [0, 0.1) is 12.8 Å². The summed E-state index contributed by atoms with van der Waals surface area (Å²) >= 11 is 1.70. The van der Waals surface area contributed by atoms with Gasteiger partial charge in [0.1, 0.15) is 5.69 Å². The topological polar surface area (TPSA) is 95.2 Å². The molecule has 0 saturated heterocycles. The minimum Gasteiger partial charge on any atom is -0.358 e. The molecule has 1 fully saturated rings. The summed E-state index contributed by atoms with van der Waals surface area (Å²) in [5.41, 5.74) is 9.18. The number of rotatable bonds is 9. The zero-order valence-corrected chi connectivity index (χ0v) is 24.9. The second-order valence-electron chi connectivity index (χ2n) is 11.0. The number of allylic oxidation sites excluding steroid dienone is 4. The number of aromatic amines is 2. The predicted molar refractivity (Wildman–Crippen MR) is 175 cm³/mol. The maximum atomic E-state index is 5.02. The van der Waals surface area contributed by atoms with Crippen LogP contribution in [0.15, 0.2) is 80.4 Å². The van der Waals surface area contributed by atoms with Crippen molar-refractivity contribution in [2.45, 2.75) is 46.0 Å². The maximum Gasteiger partial charge on any atom is 0.159 e. The minimum absolute atomic E-state index is 0.516. The zero-order valence-electron chi connectivity index (χ0n) is 24.1. The zero-order chi connectivity index (χ0) is 29.2. The van der Waals surface area contributed by atoms with Crippen molar-refractivity contribution in [3.63, 3.8) is 0 Å². The van der Waals surface area contributed by atoms with Gasteiger partial charge in [0.15, 0.2) is 5.82 Å². The van der Waals surface area contributed by atoms with Gasteiger partial charge in [-0.3, -0.25) is 15.1 Å². The van der Waals surface area contributed by atoms with Gasteiger partial charge in [-0.1, -0.05) is 51.2 Å². The number of hydrogen-bond acceptors (Lipinski definition) is 6. The molecule has 0 spiro atoms. The number of pyridine rings is 2. The normalized spacial score (nSPS) is 14.3. The van der Waals surface area contributed by atoms with Crippen LogP contribution in [0.5, 0.6) is 0 Å². The third-order valence-electron chi connectivity index (χ3n) is 7.82. The van der Waals surface area contributed by atoms with Crippen molar-refractivity contribution in [2.24, 2.45) is 5.92 Å². The van der Waals surface area contributed by atoms with Crippen molar-refractivity contribution >= 4 is 39.1 Å². The number of thiophene rings is 1. The van der Waals surface area contributed by atoms with E-state index in [0.717, 1.165) is 71.5 Å². The number of nitrogens with zero attached hydrogens (tertiary/aromatic N) is 4. The van der Waals surface area contributed by atoms with E-state index in [1.54, 1.807) is 17.4 Å². The van der Waals surface area contributed by atoms with Crippen LogP contribution in [0.3, 0.4) is 0 Å². The van der Waals surface area contributed by atoms with Gasteiger partial charge in [-0.2, -0.15) is 5.10 Å². The van der Waals surface area contributed by atoms with Crippen LogP contribution in [-0.2, 0) is 0 Å². The molecular formula is C34H35N7S. The summed E-state index contributed by atoms with van der Waals surface area (Å²) in [5, 5.41) is 12.2. The smallest absolute Gasteiger partial charge is 0.159 e. The molecule has 0 atom stereocenters. The van der Waals surface area contributed by atoms with E-state index in [0.29, 0.717) is 11.7 Å². The lowest BCUT2D eigenvalue weighted by Crippen LogP contribution is -2.14. The monoisotopic (exact) mass is 573 g/mol. The van der Waals surface area contributed by atoms with Crippen LogP contribution in [0.25, 0.3) is 44.8 Å². The van der Waals surface area contributed by atoms with Gasteiger partial charge in [0, 0.05) is 43.9 Å². The number of hydrogen-bond donors (Lipinski definition) is 3. The van der Waals surface area contributed by atoms with Gasteiger partial charge in [0.05, 0.1) is 35.0 Å². The molecule has 5 heterocycles. The summed E-state index contributed by atoms with van der Waals surface area (Å²) in [4.78, 5) is 20.0. The number of aryl methyl sites for hydroxylation is 1. The van der Waals surface area contributed by atoms with Crippen molar-refractivity contribution in [1.82, 2.24) is 30.1 Å². The van der Waals surface area contributed by atoms with E-state index in [4.69, 9.17) is 9.97 Å². The third-order valence-corrected chi connectivity index (χ3v) is 9.11. The van der Waals surface area contributed by atoms with Gasteiger partial charge < -0.3 is 10.3 Å². The lowest BCUT2D eigenvalue weighted by molar-refractivity contribution is 0.405. The first kappa shape index (κ1) is 27.6. The number of fused-ring (bicyclic) bond motifs is 1. The molecule has 1 aliphatic carbocycles. The van der Waals surface area contributed by atoms with E-state index in [9.17, 15) is 0 Å². The molecule has 1 saturated carbocycles. The molecule has 8 heteroatoms. The van der Waals surface area contributed by atoms with Crippen LogP contribution >= 0.6 is 11.3 Å². The molecule has 6 rings (SSSR count). The molecule has 5 aromatic heterocycles. The summed E-state index contributed by atoms with van der Waals surface area (Å²) in [5.74, 6) is 1.21. The maximum absolute atomic E-state index is 5.02. The second kappa shape index (κ2) is 11.7. The summed E-state index contributed by atoms with van der Waals surface area (Å²) < 4.78 is 0. The van der Waals surface area contributed by atoms with E-state index < -0.39 is 0 Å². The molecule has 42 heavy (non-hydrogen) atoms. The second-order valence-corrected chi connectivity index (χ2v) is 12.0. The Hall–Kier alpha value is -4.56. The standard InChI is InChI=1S/C34H35N7S/c1-6-10-26(31-14-13-30(42-31)20(2)3)32-22(5)38-34(39-32)33-27-16-28(36-19-29(27)40-41-33)24-15-25(18-35-17-24)37-21(4)23-11-8-7-9-12-23/h6,10,13-19,23,37H,1-2,4,7-9,11-12H2,3,5H3,(H,38,39)(H,40,41)/b26-10-. The molecule has 0 radical (unpaired) electrons. The number of anilines is 1. The molecule has 0 amide bonds. The summed E-state index contributed by atoms with van der Waals surface area (Å²) in [7, 11) is 0. The molecule has 5 aromatic rings. The van der Waals surface area contributed by atoms with Gasteiger partial charge >= 0.3 is 0 Å². The van der Waals surface area contributed by atoms with Crippen LogP contribution in [0.2, 0.25) is 0 Å². The number of nitrogens with one attached hydrogen (secondary N) is 3. The van der Waals surface area contributed by atoms with Crippen molar-refractivity contribution < 1.29 is 0 Å². The molecule has 3 N–H and O–H groups in total. The first-order chi connectivity index (χ1) is 20.4. The molecule has 0 bridgehead atoms. The van der Waals surface area contributed by atoms with E-state index in [2.05, 4.69) is 63.4 Å². The first-order valence-electron chi connectivity index (χ1n) is 14.3. The molecule has 7 nitrogen and oxygen atoms in total. The van der Waals surface area contributed by atoms with Crippen LogP contribution < -0.4 is 5.32 Å². The summed E-state index contributed by atoms with van der Waals surface area (Å²) in [6, 6.07) is 8.34. The highest BCUT2D eigenvalue weighted by Gasteiger charge is 2.20. The molecule has 0 aliphatic heterocycles. The lowest BCUT2D eigenvalue weighted by atomic mass is 9.87. The Kier molecular flexibility index (Phi) is 7.71. The van der Waals surface area contributed by atoms with Gasteiger partial charge in [-0.05, 0) is 62.4 Å². The van der Waals surface area contributed by atoms with Crippen molar-refractivity contribution in [1.29, 1.82) is 0 Å². The molecule has 1 aliphatic rings. The lowest BCUT2D eigenvalue weighted by Gasteiger charge is -2.24. The molecule has 0 unspecified atom stereocenters. The van der Waals surface area contributed by atoms with E-state index in [1.165, 1.54) is 32.1 Å². The quantitative estimate of drug-likeness (QED) is 0.153. The fourth-order valence-electron chi connectivity index (χ4n) is 5.58. The van der Waals surface area contributed by atoms with Gasteiger partial charge in [-0.15, -0.1) is 11.3 Å². The fraction of sp³-hybridized carbons (Fsp3) is 0.235. The van der Waals surface area contributed by atoms with Crippen molar-refractivity contribution in [3.05, 3.63) is 102 Å². The Balaban J connectivity index is 1.31. The number of H-pyrrole nitrogens is 2. The SMILES string of the molecule is C=C/C=C(/c1ccc(C(=C)C)s1)c1nc(-c2n[nH]c3cnc(-c4cncc(NC(=C)C5CCCCC5)c4)cc23)[nH]c1C. The first-order valence-corrected chi connectivity index (χ1v) is 15.1. The largest absolute Gasteiger partial charge is 0.358 e. The highest BCUT2D eigenvalue weighted by molar-refractivity contribution is 7.14. The van der Waals surface area contributed by atoms with Crippen LogP contribution in [-0.4, -0.2) is 30.1 Å². The van der Waals surface area contributed by atoms with E-state index in [1.807, 2.05) is 44.6 Å². The highest BCUT2D eigenvalue weighted by atomic mass is 32.1. The van der Waals surface area contributed by atoms with Crippen LogP contribution in [0.4, 0.5) is 5.69 Å². The van der Waals surface area contributed by atoms with Crippen molar-refractivity contribution in [2.75, 3.05) is 5.32 Å². The Bertz CT molecular complexity index is 1830. The number of aromatic nitrogens is 6. The molecule has 212 valence electrons. The van der Waals surface area contributed by atoms with Crippen LogP contribution in [0.1, 0.15) is 60.2 Å². The molecular weight excluding hydrogens is 538 g/mol. The Morgan fingerprint density at radius 3 is 2.64 bits per heavy atom. The predicted octanol–water partition coefficient (Wildman–Crippen LogP) is 8.94. The Morgan fingerprint density at radius 1 is 1.07 bits per heavy atom. The third kappa shape index (κ3) is 5.50.